The maximum absolute atomic E-state index is 12.2. The molecule has 1 aromatic rings. The number of amides is 2. The molecular weight excluding hydrogens is 300 g/mol. The van der Waals surface area contributed by atoms with Crippen LogP contribution in [0.1, 0.15) is 12.8 Å². The van der Waals surface area contributed by atoms with E-state index in [0.29, 0.717) is 31.2 Å². The van der Waals surface area contributed by atoms with E-state index in [-0.39, 0.29) is 30.9 Å². The highest BCUT2D eigenvalue weighted by atomic mass is 16.7. The Balaban J connectivity index is 1.60. The second-order valence-electron chi connectivity index (χ2n) is 5.58. The van der Waals surface area contributed by atoms with Crippen molar-refractivity contribution in [1.29, 1.82) is 0 Å². The van der Waals surface area contributed by atoms with E-state index in [9.17, 15) is 9.59 Å². The monoisotopic (exact) mass is 320 g/mol. The number of nitrogens with one attached hydrogen (secondary N) is 1. The highest BCUT2D eigenvalue weighted by Crippen LogP contribution is 2.37. The molecule has 0 aromatic heterocycles. The summed E-state index contributed by atoms with van der Waals surface area (Å²) in [6, 6.07) is 5.37. The summed E-state index contributed by atoms with van der Waals surface area (Å²) in [4.78, 5) is 26.0. The van der Waals surface area contributed by atoms with Gasteiger partial charge < -0.3 is 24.4 Å². The largest absolute Gasteiger partial charge is 0.454 e. The summed E-state index contributed by atoms with van der Waals surface area (Å²) in [5.74, 6) is 0.838. The molecule has 124 valence electrons. The standard InChI is InChI=1S/C16H20N2O5/c1-21-6-2-5-17-16(20)11-7-15(19)18(9-11)12-3-4-13-14(8-12)23-10-22-13/h3-4,8,11H,2,5-7,9-10H2,1H3,(H,17,20). The van der Waals surface area contributed by atoms with Gasteiger partial charge in [-0.2, -0.15) is 0 Å². The number of benzene rings is 1. The Hall–Kier alpha value is -2.28. The Labute approximate surface area is 134 Å². The minimum Gasteiger partial charge on any atom is -0.454 e. The van der Waals surface area contributed by atoms with Crippen LogP contribution < -0.4 is 19.7 Å². The fourth-order valence-electron chi connectivity index (χ4n) is 2.76. The highest BCUT2D eigenvalue weighted by Gasteiger charge is 2.35. The van der Waals surface area contributed by atoms with E-state index in [0.717, 1.165) is 12.1 Å². The summed E-state index contributed by atoms with van der Waals surface area (Å²) in [7, 11) is 1.63. The van der Waals surface area contributed by atoms with Gasteiger partial charge in [-0.15, -0.1) is 0 Å². The minimum atomic E-state index is -0.324. The van der Waals surface area contributed by atoms with E-state index in [2.05, 4.69) is 5.32 Å². The SMILES string of the molecule is COCCCNC(=O)C1CC(=O)N(c2ccc3c(c2)OCO3)C1. The lowest BCUT2D eigenvalue weighted by molar-refractivity contribution is -0.126. The molecule has 2 amide bonds. The van der Waals surface area contributed by atoms with E-state index in [1.54, 1.807) is 24.1 Å². The first kappa shape index (κ1) is 15.6. The Kier molecular flexibility index (Phi) is 4.66. The first-order chi connectivity index (χ1) is 11.2. The van der Waals surface area contributed by atoms with Gasteiger partial charge in [0.25, 0.3) is 0 Å². The van der Waals surface area contributed by atoms with Crippen molar-refractivity contribution >= 4 is 17.5 Å². The fraction of sp³-hybridized carbons (Fsp3) is 0.500. The molecule has 1 aromatic carbocycles. The zero-order valence-corrected chi connectivity index (χ0v) is 13.0. The van der Waals surface area contributed by atoms with Crippen molar-refractivity contribution < 1.29 is 23.8 Å². The van der Waals surface area contributed by atoms with Crippen LogP contribution in [0, 0.1) is 5.92 Å². The smallest absolute Gasteiger partial charge is 0.231 e. The van der Waals surface area contributed by atoms with E-state index in [1.807, 2.05) is 6.07 Å². The van der Waals surface area contributed by atoms with Gasteiger partial charge in [-0.3, -0.25) is 9.59 Å². The van der Waals surface area contributed by atoms with Gasteiger partial charge in [-0.25, -0.2) is 0 Å². The van der Waals surface area contributed by atoms with Crippen molar-refractivity contribution in [3.63, 3.8) is 0 Å². The molecule has 1 atom stereocenters. The quantitative estimate of drug-likeness (QED) is 0.789. The van der Waals surface area contributed by atoms with Gasteiger partial charge in [0.05, 0.1) is 5.92 Å². The zero-order chi connectivity index (χ0) is 16.2. The molecule has 1 saturated heterocycles. The molecule has 1 N–H and O–H groups in total. The molecule has 0 radical (unpaired) electrons. The fourth-order valence-corrected chi connectivity index (χ4v) is 2.76. The topological polar surface area (TPSA) is 77.1 Å². The van der Waals surface area contributed by atoms with Gasteiger partial charge in [-0.1, -0.05) is 0 Å². The van der Waals surface area contributed by atoms with Crippen LogP contribution in [0.15, 0.2) is 18.2 Å². The molecule has 7 nitrogen and oxygen atoms in total. The summed E-state index contributed by atoms with van der Waals surface area (Å²) in [5.41, 5.74) is 0.730. The van der Waals surface area contributed by atoms with Gasteiger partial charge in [0.1, 0.15) is 0 Å². The normalized spacial score (nSPS) is 19.3. The molecule has 3 rings (SSSR count). The van der Waals surface area contributed by atoms with Gasteiger partial charge in [0.15, 0.2) is 11.5 Å². The molecule has 0 aliphatic carbocycles. The summed E-state index contributed by atoms with van der Waals surface area (Å²) < 4.78 is 15.5. The molecule has 2 heterocycles. The molecule has 0 bridgehead atoms. The average Bonchev–Trinajstić information content (AvgIpc) is 3.16. The second kappa shape index (κ2) is 6.87. The maximum Gasteiger partial charge on any atom is 0.231 e. The predicted octanol–water partition coefficient (Wildman–Crippen LogP) is 0.921. The van der Waals surface area contributed by atoms with Crippen LogP contribution in [-0.2, 0) is 14.3 Å². The Morgan fingerprint density at radius 3 is 3.04 bits per heavy atom. The Morgan fingerprint density at radius 2 is 2.22 bits per heavy atom. The summed E-state index contributed by atoms with van der Waals surface area (Å²) >= 11 is 0. The van der Waals surface area contributed by atoms with Crippen LogP contribution in [-0.4, -0.2) is 45.4 Å². The lowest BCUT2D eigenvalue weighted by Gasteiger charge is -2.17. The number of methoxy groups -OCH3 is 1. The van der Waals surface area contributed by atoms with Crippen molar-refractivity contribution in [3.05, 3.63) is 18.2 Å². The van der Waals surface area contributed by atoms with E-state index in [1.165, 1.54) is 0 Å². The van der Waals surface area contributed by atoms with Crippen molar-refractivity contribution in [2.45, 2.75) is 12.8 Å². The molecule has 23 heavy (non-hydrogen) atoms. The van der Waals surface area contributed by atoms with Gasteiger partial charge in [0, 0.05) is 45.0 Å². The van der Waals surface area contributed by atoms with E-state index >= 15 is 0 Å². The van der Waals surface area contributed by atoms with Crippen LogP contribution in [0.2, 0.25) is 0 Å². The van der Waals surface area contributed by atoms with Crippen LogP contribution in [0.5, 0.6) is 11.5 Å². The number of hydrogen-bond donors (Lipinski definition) is 1. The highest BCUT2D eigenvalue weighted by molar-refractivity contribution is 6.00. The molecule has 0 saturated carbocycles. The van der Waals surface area contributed by atoms with Gasteiger partial charge in [-0.05, 0) is 18.6 Å². The first-order valence-electron chi connectivity index (χ1n) is 7.65. The number of fused-ring (bicyclic) bond motifs is 1. The number of rotatable bonds is 6. The third kappa shape index (κ3) is 3.39. The molecule has 2 aliphatic heterocycles. The third-order valence-electron chi connectivity index (χ3n) is 3.99. The molecule has 1 fully saturated rings. The third-order valence-corrected chi connectivity index (χ3v) is 3.99. The lowest BCUT2D eigenvalue weighted by atomic mass is 10.1. The van der Waals surface area contributed by atoms with E-state index in [4.69, 9.17) is 14.2 Å². The van der Waals surface area contributed by atoms with Crippen LogP contribution in [0.3, 0.4) is 0 Å². The van der Waals surface area contributed by atoms with Crippen molar-refractivity contribution in [2.24, 2.45) is 5.92 Å². The maximum atomic E-state index is 12.2. The summed E-state index contributed by atoms with van der Waals surface area (Å²) in [6.45, 7) is 1.74. The van der Waals surface area contributed by atoms with Crippen LogP contribution in [0.25, 0.3) is 0 Å². The van der Waals surface area contributed by atoms with Crippen molar-refractivity contribution in [3.8, 4) is 11.5 Å². The van der Waals surface area contributed by atoms with Crippen LogP contribution in [0.4, 0.5) is 5.69 Å². The first-order valence-corrected chi connectivity index (χ1v) is 7.65. The predicted molar refractivity (Wildman–Crippen MR) is 82.5 cm³/mol. The number of hydrogen-bond acceptors (Lipinski definition) is 5. The van der Waals surface area contributed by atoms with Gasteiger partial charge >= 0.3 is 0 Å². The number of anilines is 1. The molecule has 1 unspecified atom stereocenters. The van der Waals surface area contributed by atoms with Crippen molar-refractivity contribution in [1.82, 2.24) is 5.32 Å². The summed E-state index contributed by atoms with van der Waals surface area (Å²) in [6.07, 6.45) is 0.985. The van der Waals surface area contributed by atoms with Crippen LogP contribution >= 0.6 is 0 Å². The number of carbonyl (C=O) groups is 2. The summed E-state index contributed by atoms with van der Waals surface area (Å²) in [5, 5.41) is 2.85. The number of carbonyl (C=O) groups excluding carboxylic acids is 2. The number of ether oxygens (including phenoxy) is 3. The minimum absolute atomic E-state index is 0.0547. The number of nitrogens with zero attached hydrogens (tertiary/aromatic N) is 1. The molecule has 0 spiro atoms. The lowest BCUT2D eigenvalue weighted by Crippen LogP contribution is -2.33. The van der Waals surface area contributed by atoms with Gasteiger partial charge in [0.2, 0.25) is 18.6 Å². The van der Waals surface area contributed by atoms with Crippen molar-refractivity contribution in [2.75, 3.05) is 38.5 Å². The van der Waals surface area contributed by atoms with E-state index < -0.39 is 0 Å². The zero-order valence-electron chi connectivity index (χ0n) is 13.0. The second-order valence-corrected chi connectivity index (χ2v) is 5.58. The Bertz CT molecular complexity index is 604. The molecule has 2 aliphatic rings. The molecule has 7 heteroatoms. The average molecular weight is 320 g/mol. The molecular formula is C16H20N2O5. The Morgan fingerprint density at radius 1 is 1.39 bits per heavy atom.